The van der Waals surface area contributed by atoms with Gasteiger partial charge in [0.1, 0.15) is 6.61 Å². The number of benzene rings is 2. The first-order valence-corrected chi connectivity index (χ1v) is 9.76. The topological polar surface area (TPSA) is 30.5 Å². The lowest BCUT2D eigenvalue weighted by molar-refractivity contribution is 0.284. The highest BCUT2D eigenvalue weighted by molar-refractivity contribution is 7.09. The molecule has 0 atom stereocenters. The molecule has 0 saturated carbocycles. The monoisotopic (exact) mass is 407 g/mol. The van der Waals surface area contributed by atoms with Gasteiger partial charge in [0.25, 0.3) is 0 Å². The molecule has 3 rings (SSSR count). The summed E-state index contributed by atoms with van der Waals surface area (Å²) in [5.41, 5.74) is 2.05. The van der Waals surface area contributed by atoms with Crippen molar-refractivity contribution in [3.05, 3.63) is 80.0 Å². The van der Waals surface area contributed by atoms with Crippen LogP contribution in [0.15, 0.2) is 53.9 Å². The Morgan fingerprint density at radius 3 is 2.50 bits per heavy atom. The van der Waals surface area contributed by atoms with E-state index in [2.05, 4.69) is 16.8 Å². The zero-order valence-corrected chi connectivity index (χ0v) is 16.6. The summed E-state index contributed by atoms with van der Waals surface area (Å²) >= 11 is 14.1. The van der Waals surface area contributed by atoms with Crippen LogP contribution in [0.25, 0.3) is 0 Å². The maximum atomic E-state index is 6.43. The van der Waals surface area contributed by atoms with Crippen LogP contribution in [-0.4, -0.2) is 7.11 Å². The van der Waals surface area contributed by atoms with E-state index in [1.54, 1.807) is 18.4 Å². The number of halogens is 2. The van der Waals surface area contributed by atoms with Crippen molar-refractivity contribution in [1.29, 1.82) is 0 Å². The number of nitrogens with one attached hydrogen (secondary N) is 1. The third-order valence-corrected chi connectivity index (χ3v) is 5.20. The molecule has 0 amide bonds. The van der Waals surface area contributed by atoms with Gasteiger partial charge in [-0.1, -0.05) is 41.4 Å². The second kappa shape index (κ2) is 9.28. The summed E-state index contributed by atoms with van der Waals surface area (Å²) in [5.74, 6) is 1.17. The Morgan fingerprint density at radius 2 is 1.81 bits per heavy atom. The molecule has 3 aromatic rings. The van der Waals surface area contributed by atoms with Crippen molar-refractivity contribution >= 4 is 34.5 Å². The SMILES string of the molecule is COc1cc(CNCc2cccs2)cc(Cl)c1OCc1ccc(Cl)cc1. The van der Waals surface area contributed by atoms with E-state index in [4.69, 9.17) is 32.7 Å². The number of hydrogen-bond donors (Lipinski definition) is 1. The summed E-state index contributed by atoms with van der Waals surface area (Å²) in [4.78, 5) is 1.30. The van der Waals surface area contributed by atoms with Crippen LogP contribution in [0.5, 0.6) is 11.5 Å². The quantitative estimate of drug-likeness (QED) is 0.501. The van der Waals surface area contributed by atoms with Crippen LogP contribution in [0.2, 0.25) is 10.0 Å². The van der Waals surface area contributed by atoms with Crippen LogP contribution in [0.3, 0.4) is 0 Å². The van der Waals surface area contributed by atoms with Crippen LogP contribution < -0.4 is 14.8 Å². The molecule has 0 aliphatic heterocycles. The Morgan fingerprint density at radius 1 is 1.00 bits per heavy atom. The van der Waals surface area contributed by atoms with Crippen LogP contribution in [0, 0.1) is 0 Å². The van der Waals surface area contributed by atoms with Crippen molar-refractivity contribution in [2.45, 2.75) is 19.7 Å². The fourth-order valence-electron chi connectivity index (χ4n) is 2.49. The molecule has 0 radical (unpaired) electrons. The van der Waals surface area contributed by atoms with Crippen LogP contribution in [-0.2, 0) is 19.7 Å². The van der Waals surface area contributed by atoms with Gasteiger partial charge >= 0.3 is 0 Å². The van der Waals surface area contributed by atoms with Crippen molar-refractivity contribution < 1.29 is 9.47 Å². The van der Waals surface area contributed by atoms with Gasteiger partial charge in [0.05, 0.1) is 12.1 Å². The molecule has 0 aliphatic carbocycles. The van der Waals surface area contributed by atoms with E-state index < -0.39 is 0 Å². The molecule has 6 heteroatoms. The van der Waals surface area contributed by atoms with Gasteiger partial charge < -0.3 is 14.8 Å². The van der Waals surface area contributed by atoms with E-state index in [0.717, 1.165) is 17.7 Å². The van der Waals surface area contributed by atoms with E-state index in [1.807, 2.05) is 42.5 Å². The third kappa shape index (κ3) is 5.15. The molecule has 0 fully saturated rings. The number of methoxy groups -OCH3 is 1. The van der Waals surface area contributed by atoms with Crippen LogP contribution in [0.4, 0.5) is 0 Å². The zero-order chi connectivity index (χ0) is 18.4. The molecule has 136 valence electrons. The first-order chi connectivity index (χ1) is 12.7. The van der Waals surface area contributed by atoms with Gasteiger partial charge in [-0.25, -0.2) is 0 Å². The molecule has 0 saturated heterocycles. The maximum Gasteiger partial charge on any atom is 0.180 e. The minimum Gasteiger partial charge on any atom is -0.493 e. The Balaban J connectivity index is 1.65. The molecule has 2 aromatic carbocycles. The predicted molar refractivity (Wildman–Crippen MR) is 109 cm³/mol. The minimum atomic E-state index is 0.392. The molecule has 0 spiro atoms. The highest BCUT2D eigenvalue weighted by Gasteiger charge is 2.12. The molecule has 3 nitrogen and oxygen atoms in total. The Bertz CT molecular complexity index is 836. The lowest BCUT2D eigenvalue weighted by atomic mass is 10.2. The standard InChI is InChI=1S/C20H19Cl2NO2S/c1-24-19-10-15(11-23-12-17-3-2-8-26-17)9-18(22)20(19)25-13-14-4-6-16(21)7-5-14/h2-10,23H,11-13H2,1H3. The van der Waals surface area contributed by atoms with Gasteiger partial charge in [-0.3, -0.25) is 0 Å². The molecular formula is C20H19Cl2NO2S. The molecule has 26 heavy (non-hydrogen) atoms. The minimum absolute atomic E-state index is 0.392. The van der Waals surface area contributed by atoms with E-state index in [0.29, 0.717) is 34.7 Å². The van der Waals surface area contributed by atoms with Gasteiger partial charge in [-0.15, -0.1) is 11.3 Å². The smallest absolute Gasteiger partial charge is 0.180 e. The van der Waals surface area contributed by atoms with E-state index >= 15 is 0 Å². The maximum absolute atomic E-state index is 6.43. The van der Waals surface area contributed by atoms with Crippen molar-refractivity contribution in [3.8, 4) is 11.5 Å². The predicted octanol–water partition coefficient (Wildman–Crippen LogP) is 5.93. The van der Waals surface area contributed by atoms with Crippen molar-refractivity contribution in [2.24, 2.45) is 0 Å². The van der Waals surface area contributed by atoms with Gasteiger partial charge in [0, 0.05) is 23.0 Å². The Hall–Kier alpha value is -1.72. The summed E-state index contributed by atoms with van der Waals surface area (Å²) in [6, 6.07) is 15.5. The zero-order valence-electron chi connectivity index (χ0n) is 14.3. The first-order valence-electron chi connectivity index (χ1n) is 8.12. The normalized spacial score (nSPS) is 10.7. The molecular weight excluding hydrogens is 389 g/mol. The lowest BCUT2D eigenvalue weighted by Crippen LogP contribution is -2.12. The largest absolute Gasteiger partial charge is 0.493 e. The van der Waals surface area contributed by atoms with Gasteiger partial charge in [-0.2, -0.15) is 0 Å². The van der Waals surface area contributed by atoms with Crippen molar-refractivity contribution in [2.75, 3.05) is 7.11 Å². The fourth-order valence-corrected chi connectivity index (χ4v) is 3.58. The number of thiophene rings is 1. The van der Waals surface area contributed by atoms with Crippen LogP contribution >= 0.6 is 34.5 Å². The van der Waals surface area contributed by atoms with Crippen molar-refractivity contribution in [3.63, 3.8) is 0 Å². The van der Waals surface area contributed by atoms with Crippen molar-refractivity contribution in [1.82, 2.24) is 5.32 Å². The Kier molecular flexibility index (Phi) is 6.80. The summed E-state index contributed by atoms with van der Waals surface area (Å²) in [5, 5.41) is 6.71. The Labute approximate surface area is 167 Å². The van der Waals surface area contributed by atoms with Gasteiger partial charge in [0.15, 0.2) is 11.5 Å². The summed E-state index contributed by atoms with van der Waals surface area (Å²) < 4.78 is 11.4. The average molecular weight is 408 g/mol. The molecule has 1 N–H and O–H groups in total. The number of rotatable bonds is 8. The van der Waals surface area contributed by atoms with Gasteiger partial charge in [0.2, 0.25) is 0 Å². The molecule has 0 bridgehead atoms. The third-order valence-electron chi connectivity index (χ3n) is 3.79. The number of ether oxygens (including phenoxy) is 2. The van der Waals surface area contributed by atoms with E-state index in [-0.39, 0.29) is 0 Å². The van der Waals surface area contributed by atoms with E-state index in [9.17, 15) is 0 Å². The molecule has 0 aliphatic rings. The highest BCUT2D eigenvalue weighted by atomic mass is 35.5. The second-order valence-corrected chi connectivity index (χ2v) is 7.58. The summed E-state index contributed by atoms with van der Waals surface area (Å²) in [6.45, 7) is 1.92. The highest BCUT2D eigenvalue weighted by Crippen LogP contribution is 2.37. The fraction of sp³-hybridized carbons (Fsp3) is 0.200. The van der Waals surface area contributed by atoms with E-state index in [1.165, 1.54) is 4.88 Å². The molecule has 0 unspecified atom stereocenters. The second-order valence-electron chi connectivity index (χ2n) is 5.71. The average Bonchev–Trinajstić information content (AvgIpc) is 3.15. The molecule has 1 aromatic heterocycles. The van der Waals surface area contributed by atoms with Crippen LogP contribution in [0.1, 0.15) is 16.0 Å². The molecule has 1 heterocycles. The lowest BCUT2D eigenvalue weighted by Gasteiger charge is -2.14. The summed E-state index contributed by atoms with van der Waals surface area (Å²) in [6.07, 6.45) is 0. The van der Waals surface area contributed by atoms with Gasteiger partial charge in [-0.05, 0) is 46.8 Å². The first kappa shape index (κ1) is 19.1. The number of hydrogen-bond acceptors (Lipinski definition) is 4. The summed E-state index contributed by atoms with van der Waals surface area (Å²) in [7, 11) is 1.61.